The zero-order valence-corrected chi connectivity index (χ0v) is 11.0. The van der Waals surface area contributed by atoms with Gasteiger partial charge < -0.3 is 15.7 Å². The second kappa shape index (κ2) is 5.51. The number of nitro groups is 1. The third-order valence-corrected chi connectivity index (χ3v) is 2.66. The lowest BCUT2D eigenvalue weighted by Gasteiger charge is -2.23. The van der Waals surface area contributed by atoms with Crippen LogP contribution in [0.2, 0.25) is 0 Å². The monoisotopic (exact) mass is 268 g/mol. The van der Waals surface area contributed by atoms with Gasteiger partial charge in [-0.25, -0.2) is 4.98 Å². The third kappa shape index (κ3) is 3.54. The summed E-state index contributed by atoms with van der Waals surface area (Å²) in [6.07, 6.45) is 1.91. The molecule has 1 aromatic rings. The van der Waals surface area contributed by atoms with Crippen LogP contribution < -0.4 is 10.5 Å². The van der Waals surface area contributed by atoms with E-state index in [9.17, 15) is 10.1 Å². The van der Waals surface area contributed by atoms with Gasteiger partial charge >= 0.3 is 5.69 Å². The number of ether oxygens (including phenoxy) is 1. The molecule has 0 aliphatic rings. The summed E-state index contributed by atoms with van der Waals surface area (Å²) in [5, 5.41) is 22.3. The minimum atomic E-state index is -0.623. The van der Waals surface area contributed by atoms with Crippen molar-refractivity contribution in [2.45, 2.75) is 32.8 Å². The lowest BCUT2D eigenvalue weighted by molar-refractivity contribution is -0.386. The van der Waals surface area contributed by atoms with Crippen molar-refractivity contribution in [3.8, 4) is 5.88 Å². The maximum Gasteiger partial charge on any atom is 0.331 e. The van der Waals surface area contributed by atoms with Crippen molar-refractivity contribution in [1.82, 2.24) is 4.98 Å². The molecule has 0 radical (unpaired) electrons. The highest BCUT2D eigenvalue weighted by Gasteiger charge is 2.25. The van der Waals surface area contributed by atoms with E-state index in [1.165, 1.54) is 6.20 Å². The van der Waals surface area contributed by atoms with Crippen LogP contribution in [0.1, 0.15) is 32.8 Å². The molecule has 0 aromatic carbocycles. The summed E-state index contributed by atoms with van der Waals surface area (Å²) in [6, 6.07) is 1.16. The van der Waals surface area contributed by atoms with Crippen molar-refractivity contribution >= 4 is 11.5 Å². The van der Waals surface area contributed by atoms with Crippen LogP contribution in [-0.4, -0.2) is 26.6 Å². The first kappa shape index (κ1) is 14.7. The van der Waals surface area contributed by atoms with Gasteiger partial charge in [0, 0.05) is 17.8 Å². The molecule has 19 heavy (non-hydrogen) atoms. The third-order valence-electron chi connectivity index (χ3n) is 2.66. The van der Waals surface area contributed by atoms with Gasteiger partial charge in [0.05, 0.1) is 4.92 Å². The molecule has 0 amide bonds. The van der Waals surface area contributed by atoms with Crippen LogP contribution in [0, 0.1) is 10.1 Å². The van der Waals surface area contributed by atoms with Crippen LogP contribution in [0.5, 0.6) is 5.88 Å². The molecule has 1 heterocycles. The number of oxime groups is 1. The van der Waals surface area contributed by atoms with Crippen molar-refractivity contribution in [1.29, 1.82) is 0 Å². The minimum Gasteiger partial charge on any atom is -0.467 e. The number of rotatable bonds is 5. The van der Waals surface area contributed by atoms with E-state index in [2.05, 4.69) is 10.1 Å². The highest BCUT2D eigenvalue weighted by molar-refractivity contribution is 5.97. The van der Waals surface area contributed by atoms with Gasteiger partial charge in [-0.1, -0.05) is 12.1 Å². The maximum atomic E-state index is 11.0. The summed E-state index contributed by atoms with van der Waals surface area (Å²) in [5.41, 5.74) is 4.61. The fraction of sp³-hybridized carbons (Fsp3) is 0.455. The van der Waals surface area contributed by atoms with Crippen LogP contribution in [0.25, 0.3) is 0 Å². The van der Waals surface area contributed by atoms with Crippen molar-refractivity contribution in [2.75, 3.05) is 0 Å². The van der Waals surface area contributed by atoms with Gasteiger partial charge in [-0.15, -0.1) is 0 Å². The lowest BCUT2D eigenvalue weighted by atomic mass is 10.1. The van der Waals surface area contributed by atoms with Crippen LogP contribution in [0.15, 0.2) is 17.4 Å². The molecule has 1 aromatic heterocycles. The summed E-state index contributed by atoms with van der Waals surface area (Å²) in [4.78, 5) is 14.2. The van der Waals surface area contributed by atoms with Crippen LogP contribution >= 0.6 is 0 Å². The standard InChI is InChI=1S/C11H16N4O4/c1-4-11(2,3)19-10-8(15(17)18)5-7(6-13-10)9(12)14-16/h5-6,16H,4H2,1-3H3,(H2,12,14). The Hall–Kier alpha value is -2.38. The number of aromatic nitrogens is 1. The molecule has 0 bridgehead atoms. The summed E-state index contributed by atoms with van der Waals surface area (Å²) in [6.45, 7) is 5.50. The molecule has 0 fully saturated rings. The fourth-order valence-corrected chi connectivity index (χ4v) is 1.18. The Bertz CT molecular complexity index is 513. The Morgan fingerprint density at radius 3 is 2.79 bits per heavy atom. The van der Waals surface area contributed by atoms with E-state index in [4.69, 9.17) is 15.7 Å². The minimum absolute atomic E-state index is 0.0914. The molecule has 0 saturated heterocycles. The van der Waals surface area contributed by atoms with Gasteiger partial charge in [0.25, 0.3) is 5.88 Å². The van der Waals surface area contributed by atoms with Crippen molar-refractivity contribution in [2.24, 2.45) is 10.9 Å². The van der Waals surface area contributed by atoms with E-state index in [-0.39, 0.29) is 23.0 Å². The van der Waals surface area contributed by atoms with Gasteiger partial charge in [0.1, 0.15) is 5.60 Å². The van der Waals surface area contributed by atoms with Gasteiger partial charge in [-0.2, -0.15) is 0 Å². The smallest absolute Gasteiger partial charge is 0.331 e. The quantitative estimate of drug-likeness (QED) is 0.275. The topological polar surface area (TPSA) is 124 Å². The Labute approximate surface area is 110 Å². The van der Waals surface area contributed by atoms with Crippen molar-refractivity contribution < 1.29 is 14.9 Å². The highest BCUT2D eigenvalue weighted by atomic mass is 16.6. The highest BCUT2D eigenvalue weighted by Crippen LogP contribution is 2.29. The molecule has 1 rings (SSSR count). The first-order valence-electron chi connectivity index (χ1n) is 5.62. The Morgan fingerprint density at radius 2 is 2.32 bits per heavy atom. The molecule has 0 aliphatic heterocycles. The lowest BCUT2D eigenvalue weighted by Crippen LogP contribution is -2.28. The zero-order valence-electron chi connectivity index (χ0n) is 11.0. The fourth-order valence-electron chi connectivity index (χ4n) is 1.18. The normalized spacial score (nSPS) is 12.3. The van der Waals surface area contributed by atoms with E-state index in [0.717, 1.165) is 6.07 Å². The second-order valence-electron chi connectivity index (χ2n) is 4.51. The summed E-state index contributed by atoms with van der Waals surface area (Å²) in [5.74, 6) is -0.344. The van der Waals surface area contributed by atoms with Gasteiger partial charge in [-0.3, -0.25) is 10.1 Å². The van der Waals surface area contributed by atoms with E-state index >= 15 is 0 Å². The number of hydrogen-bond acceptors (Lipinski definition) is 6. The molecule has 3 N–H and O–H groups in total. The van der Waals surface area contributed by atoms with E-state index in [0.29, 0.717) is 6.42 Å². The molecule has 0 spiro atoms. The van der Waals surface area contributed by atoms with Crippen LogP contribution in [-0.2, 0) is 0 Å². The molecule has 0 unspecified atom stereocenters. The van der Waals surface area contributed by atoms with Crippen LogP contribution in [0.3, 0.4) is 0 Å². The van der Waals surface area contributed by atoms with Crippen molar-refractivity contribution in [3.05, 3.63) is 27.9 Å². The molecular formula is C11H16N4O4. The van der Waals surface area contributed by atoms with E-state index < -0.39 is 10.5 Å². The molecular weight excluding hydrogens is 252 g/mol. The summed E-state index contributed by atoms with van der Waals surface area (Å²) < 4.78 is 5.52. The number of nitrogens with two attached hydrogens (primary N) is 1. The Balaban J connectivity index is 3.23. The number of amidine groups is 1. The molecule has 104 valence electrons. The first-order chi connectivity index (χ1) is 8.80. The second-order valence-corrected chi connectivity index (χ2v) is 4.51. The summed E-state index contributed by atoms with van der Waals surface area (Å²) >= 11 is 0. The Kier molecular flexibility index (Phi) is 4.26. The van der Waals surface area contributed by atoms with Gasteiger partial charge in [0.2, 0.25) is 0 Å². The molecule has 0 atom stereocenters. The SMILES string of the molecule is CCC(C)(C)Oc1ncc(C(N)=NO)cc1[N+](=O)[O-]. The van der Waals surface area contributed by atoms with Gasteiger partial charge in [-0.05, 0) is 20.3 Å². The largest absolute Gasteiger partial charge is 0.467 e. The van der Waals surface area contributed by atoms with Gasteiger partial charge in [0.15, 0.2) is 5.84 Å². The Morgan fingerprint density at radius 1 is 1.68 bits per heavy atom. The zero-order chi connectivity index (χ0) is 14.6. The predicted octanol–water partition coefficient (Wildman–Crippen LogP) is 1.65. The van der Waals surface area contributed by atoms with E-state index in [1.54, 1.807) is 13.8 Å². The molecule has 0 saturated carbocycles. The average Bonchev–Trinajstić information content (AvgIpc) is 2.37. The number of hydrogen-bond donors (Lipinski definition) is 2. The summed E-state index contributed by atoms with van der Waals surface area (Å²) in [7, 11) is 0. The molecule has 8 nitrogen and oxygen atoms in total. The number of pyridine rings is 1. The molecule has 8 heteroatoms. The van der Waals surface area contributed by atoms with Crippen molar-refractivity contribution in [3.63, 3.8) is 0 Å². The first-order valence-corrected chi connectivity index (χ1v) is 5.62. The van der Waals surface area contributed by atoms with Crippen LogP contribution in [0.4, 0.5) is 5.69 Å². The predicted molar refractivity (Wildman–Crippen MR) is 68.4 cm³/mol. The average molecular weight is 268 g/mol. The maximum absolute atomic E-state index is 11.0. The molecule has 0 aliphatic carbocycles. The number of nitrogens with zero attached hydrogens (tertiary/aromatic N) is 3. The van der Waals surface area contributed by atoms with E-state index in [1.807, 2.05) is 6.92 Å².